The second kappa shape index (κ2) is 67.1. The summed E-state index contributed by atoms with van der Waals surface area (Å²) < 4.78 is 34.7. The molecule has 0 radical (unpaired) electrons. The Hall–Kier alpha value is -3.33. The molecule has 0 rings (SSSR count). The number of phosphoric ester groups is 1. The lowest BCUT2D eigenvalue weighted by atomic mass is 10.0. The molecule has 2 unspecified atom stereocenters. The maximum absolute atomic E-state index is 12.9. The normalized spacial score (nSPS) is 13.8. The fourth-order valence-corrected chi connectivity index (χ4v) is 10.8. The van der Waals surface area contributed by atoms with Crippen LogP contribution in [-0.4, -0.2) is 74.9 Å². The predicted molar refractivity (Wildman–Crippen MR) is 376 cm³/mol. The minimum atomic E-state index is -4.40. The van der Waals surface area contributed by atoms with Gasteiger partial charge in [-0.25, -0.2) is 4.57 Å². The van der Waals surface area contributed by atoms with E-state index in [4.69, 9.17) is 18.5 Å². The van der Waals surface area contributed by atoms with Gasteiger partial charge in [0.05, 0.1) is 27.7 Å². The summed E-state index contributed by atoms with van der Waals surface area (Å²) in [6.45, 7) is 4.35. The Morgan fingerprint density at radius 2 is 0.655 bits per heavy atom. The van der Waals surface area contributed by atoms with Crippen molar-refractivity contribution in [2.75, 3.05) is 47.5 Å². The Bertz CT molecular complexity index is 1840. The molecule has 0 aromatic heterocycles. The van der Waals surface area contributed by atoms with Gasteiger partial charge in [-0.05, 0) is 83.5 Å². The van der Waals surface area contributed by atoms with E-state index in [9.17, 15) is 19.0 Å². The number of esters is 2. The van der Waals surface area contributed by atoms with E-state index in [0.29, 0.717) is 17.4 Å². The molecule has 10 heteroatoms. The van der Waals surface area contributed by atoms with Gasteiger partial charge in [-0.1, -0.05) is 329 Å². The molecule has 0 fully saturated rings. The highest BCUT2D eigenvalue weighted by Crippen LogP contribution is 2.43. The van der Waals surface area contributed by atoms with E-state index in [1.807, 2.05) is 21.1 Å². The topological polar surface area (TPSA) is 108 Å². The molecule has 2 atom stereocenters. The van der Waals surface area contributed by atoms with Crippen molar-refractivity contribution in [2.24, 2.45) is 0 Å². The Morgan fingerprint density at radius 3 is 0.977 bits per heavy atom. The fraction of sp³-hybridized carbons (Fsp3) is 0.740. The molecule has 0 aliphatic rings. The van der Waals surface area contributed by atoms with Crippen LogP contribution in [0.3, 0.4) is 0 Å². The Labute approximate surface area is 537 Å². The number of likely N-dealkylation sites (N-methyl/N-ethyl adjacent to an activating group) is 1. The third kappa shape index (κ3) is 71.6. The van der Waals surface area contributed by atoms with Gasteiger partial charge in [0.2, 0.25) is 0 Å². The van der Waals surface area contributed by atoms with Crippen molar-refractivity contribution in [2.45, 2.75) is 322 Å². The Balaban J connectivity index is 4.05. The number of hydrogen-bond donors (Lipinski definition) is 1. The van der Waals surface area contributed by atoms with Crippen LogP contribution < -0.4 is 0 Å². The minimum absolute atomic E-state index is 0.0289. The summed E-state index contributed by atoms with van der Waals surface area (Å²) in [4.78, 5) is 35.9. The zero-order valence-electron chi connectivity index (χ0n) is 57.2. The van der Waals surface area contributed by atoms with Crippen LogP contribution in [0.1, 0.15) is 316 Å². The number of carbonyl (C=O) groups is 2. The van der Waals surface area contributed by atoms with Crippen molar-refractivity contribution < 1.29 is 42.1 Å². The number of carbonyl (C=O) groups excluding carboxylic acids is 2. The molecular weight excluding hydrogens is 1100 g/mol. The second-order valence-electron chi connectivity index (χ2n) is 25.3. The number of ether oxygens (including phenoxy) is 2. The third-order valence-electron chi connectivity index (χ3n) is 15.6. The molecule has 0 spiro atoms. The summed E-state index contributed by atoms with van der Waals surface area (Å²) >= 11 is 0. The number of phosphoric acid groups is 1. The van der Waals surface area contributed by atoms with Crippen molar-refractivity contribution in [3.05, 3.63) is 109 Å². The number of rotatable bonds is 66. The van der Waals surface area contributed by atoms with Gasteiger partial charge < -0.3 is 18.9 Å². The quantitative estimate of drug-likeness (QED) is 0.0211. The van der Waals surface area contributed by atoms with E-state index in [-0.39, 0.29) is 32.0 Å². The van der Waals surface area contributed by atoms with E-state index < -0.39 is 26.5 Å². The Morgan fingerprint density at radius 1 is 0.368 bits per heavy atom. The third-order valence-corrected chi connectivity index (χ3v) is 16.6. The average Bonchev–Trinajstić information content (AvgIpc) is 3.68. The molecule has 0 saturated carbocycles. The first kappa shape index (κ1) is 83.7. The van der Waals surface area contributed by atoms with Crippen LogP contribution in [0.5, 0.6) is 0 Å². The lowest BCUT2D eigenvalue weighted by Crippen LogP contribution is -2.37. The van der Waals surface area contributed by atoms with Gasteiger partial charge >= 0.3 is 19.8 Å². The highest BCUT2D eigenvalue weighted by Gasteiger charge is 2.27. The maximum Gasteiger partial charge on any atom is 0.472 e. The lowest BCUT2D eigenvalue weighted by Gasteiger charge is -2.24. The van der Waals surface area contributed by atoms with Gasteiger partial charge in [-0.15, -0.1) is 0 Å². The lowest BCUT2D eigenvalue weighted by molar-refractivity contribution is -0.870. The van der Waals surface area contributed by atoms with Crippen molar-refractivity contribution in [1.29, 1.82) is 0 Å². The largest absolute Gasteiger partial charge is 0.472 e. The van der Waals surface area contributed by atoms with E-state index in [1.54, 1.807) is 0 Å². The van der Waals surface area contributed by atoms with Crippen molar-refractivity contribution in [3.8, 4) is 0 Å². The van der Waals surface area contributed by atoms with Gasteiger partial charge in [-0.2, -0.15) is 0 Å². The van der Waals surface area contributed by atoms with Crippen molar-refractivity contribution in [3.63, 3.8) is 0 Å². The Kier molecular flexibility index (Phi) is 64.5. The zero-order chi connectivity index (χ0) is 63.4. The van der Waals surface area contributed by atoms with Crippen LogP contribution in [0, 0.1) is 0 Å². The van der Waals surface area contributed by atoms with Crippen LogP contribution in [0.15, 0.2) is 109 Å². The molecule has 0 aliphatic carbocycles. The van der Waals surface area contributed by atoms with Crippen LogP contribution in [-0.2, 0) is 32.7 Å². The SMILES string of the molecule is CC/C=C\C/C=C\C/C=C\C/C=C\C/C=C\C/C=C\C/C=C\C/C=C\C/C=C\CCCCCCCCCCCCCC(=O)OC(COC(=O)CCCCCCCCCCCCCCCCCCCCCCCCCC)COP(=O)(O)OCC[N+](C)(C)C. The first-order valence-corrected chi connectivity index (χ1v) is 37.6. The smallest absolute Gasteiger partial charge is 0.462 e. The summed E-state index contributed by atoms with van der Waals surface area (Å²) in [6.07, 6.45) is 94.8. The average molecular weight is 1240 g/mol. The van der Waals surface area contributed by atoms with E-state index in [1.165, 1.54) is 180 Å². The monoisotopic (exact) mass is 1240 g/mol. The number of hydrogen-bond acceptors (Lipinski definition) is 7. The molecule has 502 valence electrons. The molecule has 0 amide bonds. The number of nitrogens with zero attached hydrogens (tertiary/aromatic N) is 1. The van der Waals surface area contributed by atoms with E-state index >= 15 is 0 Å². The van der Waals surface area contributed by atoms with Gasteiger partial charge in [-0.3, -0.25) is 18.6 Å². The summed E-state index contributed by atoms with van der Waals surface area (Å²) in [5.41, 5.74) is 0. The highest BCUT2D eigenvalue weighted by atomic mass is 31.2. The van der Waals surface area contributed by atoms with Crippen LogP contribution in [0.4, 0.5) is 0 Å². The first-order chi connectivity index (χ1) is 42.5. The molecule has 0 heterocycles. The molecule has 0 bridgehead atoms. The maximum atomic E-state index is 12.9. The van der Waals surface area contributed by atoms with Crippen LogP contribution in [0.2, 0.25) is 0 Å². The molecule has 0 aromatic rings. The van der Waals surface area contributed by atoms with Crippen molar-refractivity contribution >= 4 is 19.8 Å². The van der Waals surface area contributed by atoms with Crippen LogP contribution in [0.25, 0.3) is 0 Å². The molecular formula is C77H137NO8P+. The van der Waals surface area contributed by atoms with E-state index in [0.717, 1.165) is 103 Å². The zero-order valence-corrected chi connectivity index (χ0v) is 58.1. The minimum Gasteiger partial charge on any atom is -0.462 e. The number of quaternary nitrogens is 1. The first-order valence-electron chi connectivity index (χ1n) is 36.1. The van der Waals surface area contributed by atoms with Crippen LogP contribution >= 0.6 is 7.82 Å². The molecule has 0 aliphatic heterocycles. The van der Waals surface area contributed by atoms with E-state index in [2.05, 4.69) is 123 Å². The molecule has 0 aromatic carbocycles. The van der Waals surface area contributed by atoms with Crippen molar-refractivity contribution in [1.82, 2.24) is 0 Å². The second-order valence-corrected chi connectivity index (χ2v) is 26.7. The summed E-state index contributed by atoms with van der Waals surface area (Å²) in [7, 11) is 1.48. The summed E-state index contributed by atoms with van der Waals surface area (Å²) in [5.74, 6) is -0.791. The van der Waals surface area contributed by atoms with Gasteiger partial charge in [0.15, 0.2) is 6.10 Å². The molecule has 87 heavy (non-hydrogen) atoms. The van der Waals surface area contributed by atoms with Gasteiger partial charge in [0.1, 0.15) is 19.8 Å². The molecule has 1 N–H and O–H groups in total. The summed E-state index contributed by atoms with van der Waals surface area (Å²) in [6, 6.07) is 0. The predicted octanol–water partition coefficient (Wildman–Crippen LogP) is 23.7. The summed E-state index contributed by atoms with van der Waals surface area (Å²) in [5, 5.41) is 0. The number of unbranched alkanes of at least 4 members (excludes halogenated alkanes) is 34. The molecule has 0 saturated heterocycles. The standard InChI is InChI=1S/C77H136NO8P/c1-6-8-10-12-14-16-18-20-22-24-26-28-30-32-33-34-35-36-37-38-39-40-41-42-43-44-45-46-48-50-52-54-56-58-60-62-64-66-68-70-77(80)86-75(74-85-87(81,82)84-72-71-78(3,4)5)73-83-76(79)69-67-65-63-61-59-57-55-53-51-49-47-31-29-27-25-23-21-19-17-15-13-11-9-7-2/h8,10,14,16,20,22,26,28,32-33,35-36,38-39,41-42,44-45,75H,6-7,9,11-13,15,17-19,21,23-25,27,29-31,34,37,40,43,46-74H2,1-5H3/p+1/b10-8-,16-14-,22-20-,28-26-,33-32-,36-35-,39-38-,42-41-,45-44-. The fourth-order valence-electron chi connectivity index (χ4n) is 10.1. The van der Waals surface area contributed by atoms with Gasteiger partial charge in [0, 0.05) is 12.8 Å². The number of allylic oxidation sites excluding steroid dienone is 18. The molecule has 9 nitrogen and oxygen atoms in total. The van der Waals surface area contributed by atoms with Gasteiger partial charge in [0.25, 0.3) is 0 Å². The highest BCUT2D eigenvalue weighted by molar-refractivity contribution is 7.47.